The Balaban J connectivity index is 2.56. The molecule has 1 N–H and O–H groups in total. The number of carbonyl (C=O) groups excluding carboxylic acids is 1. The Hall–Kier alpha value is -0.770. The fraction of sp³-hybridized carbons (Fsp3) is 0.857. The minimum Gasteiger partial charge on any atom is -0.440 e. The molecule has 1 heterocycles. The van der Waals surface area contributed by atoms with Crippen LogP contribution < -0.4 is 5.32 Å². The van der Waals surface area contributed by atoms with Gasteiger partial charge in [0.05, 0.1) is 6.54 Å². The van der Waals surface area contributed by atoms with E-state index in [4.69, 9.17) is 4.74 Å². The molecular formula is C7H14N2O2. The Morgan fingerprint density at radius 3 is 2.82 bits per heavy atom. The van der Waals surface area contributed by atoms with Crippen molar-refractivity contribution in [1.29, 1.82) is 0 Å². The Labute approximate surface area is 66.5 Å². The lowest BCUT2D eigenvalue weighted by molar-refractivity contribution is 0.0730. The van der Waals surface area contributed by atoms with Gasteiger partial charge in [0.15, 0.2) is 0 Å². The number of likely N-dealkylation sites (N-methyl/N-ethyl adjacent to an activating group) is 2. The van der Waals surface area contributed by atoms with Crippen LogP contribution in [0, 0.1) is 0 Å². The number of cyclic esters (lactones) is 1. The molecule has 4 heteroatoms. The highest BCUT2D eigenvalue weighted by Crippen LogP contribution is 2.19. The third kappa shape index (κ3) is 1.63. The van der Waals surface area contributed by atoms with Crippen LogP contribution in [0.4, 0.5) is 4.79 Å². The van der Waals surface area contributed by atoms with Gasteiger partial charge in [0.25, 0.3) is 0 Å². The molecule has 1 aliphatic rings. The van der Waals surface area contributed by atoms with Gasteiger partial charge in [-0.05, 0) is 14.0 Å². The second-order valence-electron chi connectivity index (χ2n) is 3.20. The fourth-order valence-electron chi connectivity index (χ4n) is 1.35. The number of carbonyl (C=O) groups is 1. The van der Waals surface area contributed by atoms with Gasteiger partial charge in [0, 0.05) is 13.6 Å². The van der Waals surface area contributed by atoms with Crippen LogP contribution in [0.3, 0.4) is 0 Å². The van der Waals surface area contributed by atoms with Crippen LogP contribution in [-0.4, -0.2) is 43.8 Å². The van der Waals surface area contributed by atoms with Gasteiger partial charge in [-0.1, -0.05) is 0 Å². The molecule has 1 saturated heterocycles. The first-order valence-electron chi connectivity index (χ1n) is 3.66. The van der Waals surface area contributed by atoms with Gasteiger partial charge in [-0.15, -0.1) is 0 Å². The summed E-state index contributed by atoms with van der Waals surface area (Å²) in [6, 6.07) is 0. The first kappa shape index (κ1) is 8.33. The van der Waals surface area contributed by atoms with E-state index in [1.54, 1.807) is 11.9 Å². The number of hydrogen-bond donors (Lipinski definition) is 1. The number of amides is 1. The summed E-state index contributed by atoms with van der Waals surface area (Å²) in [6.07, 6.45) is -0.234. The topological polar surface area (TPSA) is 41.6 Å². The van der Waals surface area contributed by atoms with E-state index >= 15 is 0 Å². The normalized spacial score (nSPS) is 30.8. The SMILES string of the molecule is CNCC1(C)CN(C)C(=O)O1. The second kappa shape index (κ2) is 2.70. The number of nitrogens with one attached hydrogen (secondary N) is 1. The van der Waals surface area contributed by atoms with Crippen LogP contribution in [0.5, 0.6) is 0 Å². The van der Waals surface area contributed by atoms with Crippen molar-refractivity contribution in [3.8, 4) is 0 Å². The van der Waals surface area contributed by atoms with E-state index in [0.717, 1.165) is 0 Å². The fourth-order valence-corrected chi connectivity index (χ4v) is 1.35. The van der Waals surface area contributed by atoms with E-state index in [0.29, 0.717) is 13.1 Å². The highest BCUT2D eigenvalue weighted by Gasteiger charge is 2.38. The van der Waals surface area contributed by atoms with Crippen molar-refractivity contribution in [2.45, 2.75) is 12.5 Å². The zero-order valence-electron chi connectivity index (χ0n) is 7.18. The molecule has 1 unspecified atom stereocenters. The van der Waals surface area contributed by atoms with Crippen molar-refractivity contribution in [2.75, 3.05) is 27.2 Å². The maximum absolute atomic E-state index is 10.9. The summed E-state index contributed by atoms with van der Waals surface area (Å²) in [6.45, 7) is 3.28. The number of nitrogens with zero attached hydrogens (tertiary/aromatic N) is 1. The highest BCUT2D eigenvalue weighted by atomic mass is 16.6. The standard InChI is InChI=1S/C7H14N2O2/c1-7(4-8-2)5-9(3)6(10)11-7/h8H,4-5H2,1-3H3. The highest BCUT2D eigenvalue weighted by molar-refractivity contribution is 5.70. The molecular weight excluding hydrogens is 144 g/mol. The van der Waals surface area contributed by atoms with E-state index in [-0.39, 0.29) is 11.7 Å². The Bertz CT molecular complexity index is 172. The van der Waals surface area contributed by atoms with Crippen LogP contribution in [0.25, 0.3) is 0 Å². The summed E-state index contributed by atoms with van der Waals surface area (Å²) in [5.74, 6) is 0. The Kier molecular flexibility index (Phi) is 2.04. The zero-order chi connectivity index (χ0) is 8.48. The minimum absolute atomic E-state index is 0.234. The molecule has 1 aliphatic heterocycles. The molecule has 4 nitrogen and oxygen atoms in total. The largest absolute Gasteiger partial charge is 0.440 e. The molecule has 1 fully saturated rings. The molecule has 1 rings (SSSR count). The predicted octanol–water partition coefficient (Wildman–Crippen LogP) is 0.0465. The quantitative estimate of drug-likeness (QED) is 0.617. The van der Waals surface area contributed by atoms with Gasteiger partial charge in [0.2, 0.25) is 0 Å². The monoisotopic (exact) mass is 158 g/mol. The first-order chi connectivity index (χ1) is 5.07. The van der Waals surface area contributed by atoms with Crippen LogP contribution in [-0.2, 0) is 4.74 Å². The van der Waals surface area contributed by atoms with Crippen molar-refractivity contribution >= 4 is 6.09 Å². The van der Waals surface area contributed by atoms with Gasteiger partial charge >= 0.3 is 6.09 Å². The molecule has 0 aromatic heterocycles. The van der Waals surface area contributed by atoms with Crippen LogP contribution in [0.15, 0.2) is 0 Å². The lowest BCUT2D eigenvalue weighted by atomic mass is 10.1. The van der Waals surface area contributed by atoms with Crippen LogP contribution in [0.1, 0.15) is 6.92 Å². The minimum atomic E-state index is -0.347. The van der Waals surface area contributed by atoms with Gasteiger partial charge in [0.1, 0.15) is 5.60 Å². The Morgan fingerprint density at radius 2 is 2.45 bits per heavy atom. The lowest BCUT2D eigenvalue weighted by Crippen LogP contribution is -2.39. The average molecular weight is 158 g/mol. The van der Waals surface area contributed by atoms with Crippen molar-refractivity contribution in [1.82, 2.24) is 10.2 Å². The van der Waals surface area contributed by atoms with Crippen molar-refractivity contribution in [2.24, 2.45) is 0 Å². The summed E-state index contributed by atoms with van der Waals surface area (Å²) in [7, 11) is 3.58. The zero-order valence-corrected chi connectivity index (χ0v) is 7.18. The molecule has 0 aliphatic carbocycles. The number of hydrogen-bond acceptors (Lipinski definition) is 3. The molecule has 1 atom stereocenters. The summed E-state index contributed by atoms with van der Waals surface area (Å²) in [5.41, 5.74) is -0.347. The molecule has 0 aromatic rings. The van der Waals surface area contributed by atoms with Gasteiger partial charge in [-0.25, -0.2) is 4.79 Å². The van der Waals surface area contributed by atoms with Gasteiger partial charge < -0.3 is 15.0 Å². The van der Waals surface area contributed by atoms with Crippen molar-refractivity contribution in [3.05, 3.63) is 0 Å². The smallest absolute Gasteiger partial charge is 0.410 e. The van der Waals surface area contributed by atoms with E-state index in [2.05, 4.69) is 5.32 Å². The summed E-state index contributed by atoms with van der Waals surface area (Å²) in [5, 5.41) is 2.99. The van der Waals surface area contributed by atoms with E-state index in [1.807, 2.05) is 14.0 Å². The summed E-state index contributed by atoms with van der Waals surface area (Å²) < 4.78 is 5.13. The molecule has 0 saturated carbocycles. The molecule has 64 valence electrons. The molecule has 0 radical (unpaired) electrons. The molecule has 11 heavy (non-hydrogen) atoms. The second-order valence-corrected chi connectivity index (χ2v) is 3.20. The third-order valence-electron chi connectivity index (χ3n) is 1.77. The van der Waals surface area contributed by atoms with Crippen LogP contribution in [0.2, 0.25) is 0 Å². The van der Waals surface area contributed by atoms with E-state index in [9.17, 15) is 4.79 Å². The maximum atomic E-state index is 10.9. The summed E-state index contributed by atoms with van der Waals surface area (Å²) in [4.78, 5) is 12.5. The maximum Gasteiger partial charge on any atom is 0.410 e. The first-order valence-corrected chi connectivity index (χ1v) is 3.66. The van der Waals surface area contributed by atoms with Gasteiger partial charge in [-0.2, -0.15) is 0 Å². The van der Waals surface area contributed by atoms with Gasteiger partial charge in [-0.3, -0.25) is 0 Å². The van der Waals surface area contributed by atoms with Crippen molar-refractivity contribution < 1.29 is 9.53 Å². The summed E-state index contributed by atoms with van der Waals surface area (Å²) >= 11 is 0. The number of rotatable bonds is 2. The number of ether oxygens (including phenoxy) is 1. The lowest BCUT2D eigenvalue weighted by Gasteiger charge is -2.20. The Morgan fingerprint density at radius 1 is 1.82 bits per heavy atom. The average Bonchev–Trinajstić information content (AvgIpc) is 2.08. The van der Waals surface area contributed by atoms with Crippen molar-refractivity contribution in [3.63, 3.8) is 0 Å². The molecule has 1 amide bonds. The third-order valence-corrected chi connectivity index (χ3v) is 1.77. The molecule has 0 bridgehead atoms. The van der Waals surface area contributed by atoms with Crippen LogP contribution >= 0.6 is 0 Å². The molecule has 0 aromatic carbocycles. The molecule has 0 spiro atoms. The van der Waals surface area contributed by atoms with E-state index < -0.39 is 0 Å². The predicted molar refractivity (Wildman–Crippen MR) is 41.4 cm³/mol. The van der Waals surface area contributed by atoms with E-state index in [1.165, 1.54) is 0 Å².